The fourth-order valence-electron chi connectivity index (χ4n) is 1.89. The molecule has 2 aromatic rings. The number of ketones is 1. The molecular formula is C15H14BrN3O4S. The van der Waals surface area contributed by atoms with E-state index < -0.39 is 5.91 Å². The minimum atomic E-state index is -0.501. The SMILES string of the molecule is COc1ccc(C(C)=O)c(NC(=O)c2csc(NC(C)=O)n2)c1Br. The second kappa shape index (κ2) is 7.54. The van der Waals surface area contributed by atoms with Crippen molar-refractivity contribution in [3.05, 3.63) is 33.2 Å². The summed E-state index contributed by atoms with van der Waals surface area (Å²) in [7, 11) is 1.49. The zero-order valence-corrected chi connectivity index (χ0v) is 15.5. The van der Waals surface area contributed by atoms with Crippen molar-refractivity contribution >= 4 is 55.7 Å². The average Bonchev–Trinajstić information content (AvgIpc) is 2.96. The van der Waals surface area contributed by atoms with Crippen molar-refractivity contribution < 1.29 is 19.1 Å². The third kappa shape index (κ3) is 3.98. The Balaban J connectivity index is 2.32. The maximum absolute atomic E-state index is 12.4. The number of anilines is 2. The van der Waals surface area contributed by atoms with E-state index in [9.17, 15) is 14.4 Å². The van der Waals surface area contributed by atoms with Crippen LogP contribution < -0.4 is 15.4 Å². The number of ether oxygens (including phenoxy) is 1. The van der Waals surface area contributed by atoms with Crippen LogP contribution in [-0.4, -0.2) is 29.7 Å². The minimum Gasteiger partial charge on any atom is -0.495 e. The topological polar surface area (TPSA) is 97.4 Å². The Labute approximate surface area is 150 Å². The van der Waals surface area contributed by atoms with E-state index in [4.69, 9.17) is 4.74 Å². The maximum Gasteiger partial charge on any atom is 0.275 e. The van der Waals surface area contributed by atoms with E-state index in [0.717, 1.165) is 11.3 Å². The molecule has 0 atom stereocenters. The van der Waals surface area contributed by atoms with Crippen LogP contribution in [0.25, 0.3) is 0 Å². The van der Waals surface area contributed by atoms with Gasteiger partial charge in [-0.3, -0.25) is 14.4 Å². The Kier molecular flexibility index (Phi) is 5.68. The van der Waals surface area contributed by atoms with Crippen LogP contribution in [0.15, 0.2) is 22.0 Å². The Morgan fingerprint density at radius 2 is 1.92 bits per heavy atom. The number of methoxy groups -OCH3 is 1. The van der Waals surface area contributed by atoms with Crippen LogP contribution in [0.2, 0.25) is 0 Å². The van der Waals surface area contributed by atoms with Crippen molar-refractivity contribution in [1.82, 2.24) is 4.98 Å². The summed E-state index contributed by atoms with van der Waals surface area (Å²) in [5, 5.41) is 7.01. The highest BCUT2D eigenvalue weighted by atomic mass is 79.9. The molecule has 7 nitrogen and oxygen atoms in total. The second-order valence-electron chi connectivity index (χ2n) is 4.73. The van der Waals surface area contributed by atoms with Crippen molar-refractivity contribution in [2.75, 3.05) is 17.7 Å². The number of carbonyl (C=O) groups is 3. The molecule has 2 N–H and O–H groups in total. The fraction of sp³-hybridized carbons (Fsp3) is 0.200. The van der Waals surface area contributed by atoms with Crippen LogP contribution >= 0.6 is 27.3 Å². The molecule has 0 spiro atoms. The van der Waals surface area contributed by atoms with Gasteiger partial charge in [0, 0.05) is 17.9 Å². The summed E-state index contributed by atoms with van der Waals surface area (Å²) in [5.74, 6) is -0.497. The lowest BCUT2D eigenvalue weighted by Gasteiger charge is -2.13. The summed E-state index contributed by atoms with van der Waals surface area (Å²) >= 11 is 4.46. The van der Waals surface area contributed by atoms with E-state index in [2.05, 4.69) is 31.5 Å². The van der Waals surface area contributed by atoms with Crippen molar-refractivity contribution in [1.29, 1.82) is 0 Å². The summed E-state index contributed by atoms with van der Waals surface area (Å²) in [4.78, 5) is 39.2. The molecule has 2 amide bonds. The van der Waals surface area contributed by atoms with Crippen LogP contribution in [0.1, 0.15) is 34.7 Å². The Morgan fingerprint density at radius 3 is 2.50 bits per heavy atom. The van der Waals surface area contributed by atoms with Gasteiger partial charge in [0.15, 0.2) is 10.9 Å². The molecule has 0 radical (unpaired) electrons. The Morgan fingerprint density at radius 1 is 1.21 bits per heavy atom. The van der Waals surface area contributed by atoms with Crippen molar-refractivity contribution in [3.63, 3.8) is 0 Å². The van der Waals surface area contributed by atoms with Crippen LogP contribution in [-0.2, 0) is 4.79 Å². The van der Waals surface area contributed by atoms with Gasteiger partial charge >= 0.3 is 0 Å². The van der Waals surface area contributed by atoms with Crippen molar-refractivity contribution in [2.45, 2.75) is 13.8 Å². The van der Waals surface area contributed by atoms with Gasteiger partial charge in [0.05, 0.1) is 17.3 Å². The quantitative estimate of drug-likeness (QED) is 0.735. The number of nitrogens with one attached hydrogen (secondary N) is 2. The minimum absolute atomic E-state index is 0.132. The lowest BCUT2D eigenvalue weighted by Crippen LogP contribution is -2.16. The molecule has 1 heterocycles. The number of hydrogen-bond acceptors (Lipinski definition) is 6. The third-order valence-electron chi connectivity index (χ3n) is 2.96. The number of hydrogen-bond donors (Lipinski definition) is 2. The molecule has 126 valence electrons. The summed E-state index contributed by atoms with van der Waals surface area (Å²) in [6, 6.07) is 3.21. The lowest BCUT2D eigenvalue weighted by atomic mass is 10.1. The number of benzene rings is 1. The number of rotatable bonds is 5. The van der Waals surface area contributed by atoms with Crippen molar-refractivity contribution in [3.8, 4) is 5.75 Å². The predicted octanol–water partition coefficient (Wildman–Crippen LogP) is 3.33. The van der Waals surface area contributed by atoms with E-state index in [1.54, 1.807) is 12.1 Å². The van der Waals surface area contributed by atoms with Gasteiger partial charge in [-0.2, -0.15) is 0 Å². The molecule has 0 aliphatic rings. The van der Waals surface area contributed by atoms with Crippen LogP contribution in [0.3, 0.4) is 0 Å². The number of thiazole rings is 1. The molecule has 1 aromatic heterocycles. The Hall–Kier alpha value is -2.26. The number of amides is 2. The molecule has 0 aliphatic carbocycles. The number of carbonyl (C=O) groups excluding carboxylic acids is 3. The Bertz CT molecular complexity index is 819. The average molecular weight is 412 g/mol. The molecule has 2 rings (SSSR count). The van der Waals surface area contributed by atoms with E-state index in [-0.39, 0.29) is 17.4 Å². The molecule has 0 aliphatic heterocycles. The molecule has 24 heavy (non-hydrogen) atoms. The van der Waals surface area contributed by atoms with Gasteiger partial charge in [0.2, 0.25) is 5.91 Å². The van der Waals surface area contributed by atoms with E-state index in [1.807, 2.05) is 0 Å². The number of halogens is 1. The van der Waals surface area contributed by atoms with Gasteiger partial charge in [-0.15, -0.1) is 11.3 Å². The van der Waals surface area contributed by atoms with E-state index in [1.165, 1.54) is 26.3 Å². The molecule has 0 saturated heterocycles. The normalized spacial score (nSPS) is 10.2. The van der Waals surface area contributed by atoms with Gasteiger partial charge in [-0.1, -0.05) is 0 Å². The van der Waals surface area contributed by atoms with Gasteiger partial charge in [0.1, 0.15) is 11.4 Å². The first-order chi connectivity index (χ1) is 11.3. The van der Waals surface area contributed by atoms with Gasteiger partial charge in [0.25, 0.3) is 5.91 Å². The van der Waals surface area contributed by atoms with Gasteiger partial charge < -0.3 is 15.4 Å². The number of nitrogens with zero attached hydrogens (tertiary/aromatic N) is 1. The zero-order valence-electron chi connectivity index (χ0n) is 13.1. The van der Waals surface area contributed by atoms with Crippen LogP contribution in [0.5, 0.6) is 5.75 Å². The lowest BCUT2D eigenvalue weighted by molar-refractivity contribution is -0.114. The summed E-state index contributed by atoms with van der Waals surface area (Å²) in [5.41, 5.74) is 0.780. The largest absolute Gasteiger partial charge is 0.495 e. The number of aromatic nitrogens is 1. The predicted molar refractivity (Wildman–Crippen MR) is 95.1 cm³/mol. The van der Waals surface area contributed by atoms with Crippen LogP contribution in [0.4, 0.5) is 10.8 Å². The molecule has 9 heteroatoms. The first-order valence-corrected chi connectivity index (χ1v) is 8.42. The summed E-state index contributed by atoms with van der Waals surface area (Å²) in [6.07, 6.45) is 0. The highest BCUT2D eigenvalue weighted by molar-refractivity contribution is 9.10. The molecule has 0 fully saturated rings. The van der Waals surface area contributed by atoms with Crippen LogP contribution in [0, 0.1) is 0 Å². The molecule has 1 aromatic carbocycles. The highest BCUT2D eigenvalue weighted by Gasteiger charge is 2.19. The highest BCUT2D eigenvalue weighted by Crippen LogP contribution is 2.36. The first kappa shape index (κ1) is 18.1. The molecule has 0 bridgehead atoms. The van der Waals surface area contributed by atoms with E-state index in [0.29, 0.717) is 26.6 Å². The summed E-state index contributed by atoms with van der Waals surface area (Å²) < 4.78 is 5.65. The summed E-state index contributed by atoms with van der Waals surface area (Å²) in [6.45, 7) is 2.76. The third-order valence-corrected chi connectivity index (χ3v) is 4.51. The standard InChI is InChI=1S/C15H14BrN3O4S/c1-7(20)9-4-5-11(23-3)12(16)13(9)19-14(22)10-6-24-15(18-10)17-8(2)21/h4-6H,1-3H3,(H,19,22)(H,17,18,21). The van der Waals surface area contributed by atoms with Gasteiger partial charge in [-0.25, -0.2) is 4.98 Å². The zero-order chi connectivity index (χ0) is 17.9. The smallest absolute Gasteiger partial charge is 0.275 e. The second-order valence-corrected chi connectivity index (χ2v) is 6.38. The van der Waals surface area contributed by atoms with Gasteiger partial charge in [-0.05, 0) is 35.0 Å². The van der Waals surface area contributed by atoms with E-state index >= 15 is 0 Å². The fourth-order valence-corrected chi connectivity index (χ4v) is 3.24. The first-order valence-electron chi connectivity index (χ1n) is 6.75. The maximum atomic E-state index is 12.4. The number of Topliss-reactive ketones (excluding diaryl/α,β-unsaturated/α-hetero) is 1. The molecular weight excluding hydrogens is 398 g/mol. The molecule has 0 unspecified atom stereocenters. The van der Waals surface area contributed by atoms with Crippen molar-refractivity contribution in [2.24, 2.45) is 0 Å². The monoisotopic (exact) mass is 411 g/mol. The molecule has 0 saturated carbocycles.